The molecule has 3 unspecified atom stereocenters. The van der Waals surface area contributed by atoms with Gasteiger partial charge in [0.15, 0.2) is 5.92 Å². The number of nitrogens with one attached hydrogen (secondary N) is 1. The summed E-state index contributed by atoms with van der Waals surface area (Å²) in [4.78, 5) is 0. The maximum absolute atomic E-state index is 12.3. The van der Waals surface area contributed by atoms with Crippen LogP contribution in [0.15, 0.2) is 0 Å². The number of nitriles is 1. The van der Waals surface area contributed by atoms with Gasteiger partial charge in [0.25, 0.3) is 0 Å². The lowest BCUT2D eigenvalue weighted by molar-refractivity contribution is -0.158. The number of nitrogens with zero attached hydrogens (tertiary/aromatic N) is 1. The van der Waals surface area contributed by atoms with Crippen LogP contribution in [0.1, 0.15) is 20.3 Å². The minimum atomic E-state index is -4.47. The average Bonchev–Trinajstić information content (AvgIpc) is 2.46. The van der Waals surface area contributed by atoms with E-state index in [2.05, 4.69) is 5.32 Å². The van der Waals surface area contributed by atoms with Gasteiger partial charge in [-0.1, -0.05) is 0 Å². The van der Waals surface area contributed by atoms with Crippen molar-refractivity contribution in [1.29, 1.82) is 5.26 Å². The van der Waals surface area contributed by atoms with Crippen molar-refractivity contribution < 1.29 is 17.9 Å². The fourth-order valence-electron chi connectivity index (χ4n) is 1.64. The minimum Gasteiger partial charge on any atom is -0.377 e. The van der Waals surface area contributed by atoms with Gasteiger partial charge in [-0.3, -0.25) is 0 Å². The molecule has 1 aliphatic rings. The summed E-state index contributed by atoms with van der Waals surface area (Å²) in [6.07, 6.45) is -3.95. The average molecular weight is 236 g/mol. The van der Waals surface area contributed by atoms with Gasteiger partial charge in [-0.25, -0.2) is 0 Å². The lowest BCUT2D eigenvalue weighted by atomic mass is 9.94. The second kappa shape index (κ2) is 4.60. The summed E-state index contributed by atoms with van der Waals surface area (Å²) in [6.45, 7) is 3.78. The molecule has 3 nitrogen and oxygen atoms in total. The molecule has 0 amide bonds. The summed E-state index contributed by atoms with van der Waals surface area (Å²) in [5, 5.41) is 11.2. The zero-order chi connectivity index (χ0) is 12.4. The number of alkyl halides is 3. The van der Waals surface area contributed by atoms with E-state index >= 15 is 0 Å². The molecule has 0 aromatic carbocycles. The Bertz CT molecular complexity index is 287. The summed E-state index contributed by atoms with van der Waals surface area (Å²) in [5.41, 5.74) is -0.472. The van der Waals surface area contributed by atoms with Crippen LogP contribution in [-0.2, 0) is 4.74 Å². The van der Waals surface area contributed by atoms with E-state index in [1.807, 2.05) is 13.8 Å². The summed E-state index contributed by atoms with van der Waals surface area (Å²) < 4.78 is 42.3. The van der Waals surface area contributed by atoms with Gasteiger partial charge in [0.1, 0.15) is 0 Å². The Balaban J connectivity index is 2.54. The molecule has 0 saturated carbocycles. The van der Waals surface area contributed by atoms with Crippen LogP contribution in [0.25, 0.3) is 0 Å². The normalized spacial score (nSPS) is 32.4. The van der Waals surface area contributed by atoms with Crippen LogP contribution in [0.5, 0.6) is 0 Å². The van der Waals surface area contributed by atoms with Gasteiger partial charge in [-0.15, -0.1) is 0 Å². The van der Waals surface area contributed by atoms with E-state index in [-0.39, 0.29) is 12.6 Å². The fourth-order valence-corrected chi connectivity index (χ4v) is 1.64. The molecule has 0 aromatic rings. The Morgan fingerprint density at radius 3 is 2.62 bits per heavy atom. The van der Waals surface area contributed by atoms with Crippen LogP contribution >= 0.6 is 0 Å². The van der Waals surface area contributed by atoms with E-state index in [0.717, 1.165) is 0 Å². The van der Waals surface area contributed by atoms with Crippen molar-refractivity contribution in [2.24, 2.45) is 5.92 Å². The Labute approximate surface area is 92.6 Å². The second-order valence-electron chi connectivity index (χ2n) is 4.28. The van der Waals surface area contributed by atoms with Crippen molar-refractivity contribution >= 4 is 0 Å². The third kappa shape index (κ3) is 2.86. The monoisotopic (exact) mass is 236 g/mol. The Hall–Kier alpha value is -0.800. The van der Waals surface area contributed by atoms with Crippen molar-refractivity contribution in [2.45, 2.75) is 38.1 Å². The van der Waals surface area contributed by atoms with Crippen LogP contribution < -0.4 is 5.32 Å². The molecular weight excluding hydrogens is 221 g/mol. The highest BCUT2D eigenvalue weighted by Gasteiger charge is 2.43. The van der Waals surface area contributed by atoms with Crippen LogP contribution in [0.4, 0.5) is 13.2 Å². The van der Waals surface area contributed by atoms with Crippen molar-refractivity contribution in [3.63, 3.8) is 0 Å². The summed E-state index contributed by atoms with van der Waals surface area (Å²) in [6, 6.07) is 1.27. The van der Waals surface area contributed by atoms with Gasteiger partial charge in [-0.2, -0.15) is 18.4 Å². The first-order valence-electron chi connectivity index (χ1n) is 5.12. The maximum Gasteiger partial charge on any atom is 0.405 e. The molecule has 0 spiro atoms. The van der Waals surface area contributed by atoms with Crippen molar-refractivity contribution in [3.05, 3.63) is 0 Å². The van der Waals surface area contributed by atoms with Crippen molar-refractivity contribution in [2.75, 3.05) is 13.2 Å². The lowest BCUT2D eigenvalue weighted by Gasteiger charge is -2.30. The summed E-state index contributed by atoms with van der Waals surface area (Å²) in [5.74, 6) is -1.96. The number of hydrogen-bond acceptors (Lipinski definition) is 3. The Morgan fingerprint density at radius 2 is 2.25 bits per heavy atom. The second-order valence-corrected chi connectivity index (χ2v) is 4.28. The SMILES string of the molecule is CC1OCCC1(C)NCC(C#N)C(F)(F)F. The standard InChI is InChI=1S/C10H15F3N2O/c1-7-9(2,3-4-16-7)15-6-8(5-14)10(11,12)13/h7-8,15H,3-4,6H2,1-2H3. The first-order chi connectivity index (χ1) is 7.29. The van der Waals surface area contributed by atoms with E-state index in [4.69, 9.17) is 10.00 Å². The van der Waals surface area contributed by atoms with E-state index in [1.165, 1.54) is 6.07 Å². The molecule has 0 aliphatic carbocycles. The molecule has 0 aromatic heterocycles. The molecule has 92 valence electrons. The largest absolute Gasteiger partial charge is 0.405 e. The highest BCUT2D eigenvalue weighted by Crippen LogP contribution is 2.28. The van der Waals surface area contributed by atoms with E-state index < -0.39 is 17.6 Å². The van der Waals surface area contributed by atoms with Gasteiger partial charge in [-0.05, 0) is 20.3 Å². The smallest absolute Gasteiger partial charge is 0.377 e. The van der Waals surface area contributed by atoms with Crippen LogP contribution in [0.2, 0.25) is 0 Å². The van der Waals surface area contributed by atoms with Crippen LogP contribution in [-0.4, -0.2) is 31.0 Å². The first kappa shape index (κ1) is 13.3. The summed E-state index contributed by atoms with van der Waals surface area (Å²) >= 11 is 0. The first-order valence-corrected chi connectivity index (χ1v) is 5.12. The minimum absolute atomic E-state index is 0.139. The van der Waals surface area contributed by atoms with Crippen LogP contribution in [0.3, 0.4) is 0 Å². The number of ether oxygens (including phenoxy) is 1. The van der Waals surface area contributed by atoms with Crippen LogP contribution in [0, 0.1) is 17.2 Å². The molecule has 6 heteroatoms. The van der Waals surface area contributed by atoms with Gasteiger partial charge in [0.2, 0.25) is 0 Å². The Kier molecular flexibility index (Phi) is 3.81. The molecular formula is C10H15F3N2O. The topological polar surface area (TPSA) is 45.0 Å². The molecule has 1 rings (SSSR count). The zero-order valence-corrected chi connectivity index (χ0v) is 9.27. The fraction of sp³-hybridized carbons (Fsp3) is 0.900. The van der Waals surface area contributed by atoms with E-state index in [0.29, 0.717) is 13.0 Å². The van der Waals surface area contributed by atoms with Gasteiger partial charge >= 0.3 is 6.18 Å². The number of rotatable bonds is 3. The zero-order valence-electron chi connectivity index (χ0n) is 9.27. The highest BCUT2D eigenvalue weighted by molar-refractivity contribution is 4.97. The van der Waals surface area contributed by atoms with E-state index in [9.17, 15) is 13.2 Å². The highest BCUT2D eigenvalue weighted by atomic mass is 19.4. The van der Waals surface area contributed by atoms with E-state index in [1.54, 1.807) is 0 Å². The maximum atomic E-state index is 12.3. The summed E-state index contributed by atoms with van der Waals surface area (Å²) in [7, 11) is 0. The van der Waals surface area contributed by atoms with Crippen molar-refractivity contribution in [1.82, 2.24) is 5.32 Å². The number of hydrogen-bond donors (Lipinski definition) is 1. The molecule has 3 atom stereocenters. The molecule has 1 heterocycles. The van der Waals surface area contributed by atoms with Gasteiger partial charge in [0, 0.05) is 18.7 Å². The molecule has 1 aliphatic heterocycles. The molecule has 1 saturated heterocycles. The van der Waals surface area contributed by atoms with Gasteiger partial charge in [0.05, 0.1) is 12.2 Å². The lowest BCUT2D eigenvalue weighted by Crippen LogP contribution is -2.50. The molecule has 0 radical (unpaired) electrons. The Morgan fingerprint density at radius 1 is 1.62 bits per heavy atom. The molecule has 1 N–H and O–H groups in total. The predicted molar refractivity (Wildman–Crippen MR) is 51.6 cm³/mol. The van der Waals surface area contributed by atoms with Gasteiger partial charge < -0.3 is 10.1 Å². The molecule has 1 fully saturated rings. The predicted octanol–water partition coefficient (Wildman–Crippen LogP) is 1.85. The third-order valence-corrected chi connectivity index (χ3v) is 3.15. The number of halogens is 3. The van der Waals surface area contributed by atoms with Crippen molar-refractivity contribution in [3.8, 4) is 6.07 Å². The quantitative estimate of drug-likeness (QED) is 0.813. The molecule has 0 bridgehead atoms. The molecule has 16 heavy (non-hydrogen) atoms. The third-order valence-electron chi connectivity index (χ3n) is 3.15.